The second-order valence-electron chi connectivity index (χ2n) is 2.96. The van der Waals surface area contributed by atoms with Crippen LogP contribution in [0.2, 0.25) is 0 Å². The van der Waals surface area contributed by atoms with E-state index in [9.17, 15) is 4.79 Å². The van der Waals surface area contributed by atoms with Crippen LogP contribution in [-0.2, 0) is 4.79 Å². The Balaban J connectivity index is 3.04. The number of rotatable bonds is 7. The van der Waals surface area contributed by atoms with E-state index in [2.05, 4.69) is 6.92 Å². The first-order chi connectivity index (χ1) is 5.31. The zero-order valence-corrected chi connectivity index (χ0v) is 7.73. The summed E-state index contributed by atoms with van der Waals surface area (Å²) < 4.78 is 0. The second-order valence-corrected chi connectivity index (χ2v) is 2.96. The summed E-state index contributed by atoms with van der Waals surface area (Å²) in [6.45, 7) is 4.12. The molecule has 0 saturated carbocycles. The lowest BCUT2D eigenvalue weighted by Gasteiger charge is -1.97. The van der Waals surface area contributed by atoms with E-state index in [0.717, 1.165) is 12.8 Å². The predicted octanol–water partition coefficient (Wildman–Crippen LogP) is 3.14. The minimum absolute atomic E-state index is 0.392. The van der Waals surface area contributed by atoms with Crippen molar-refractivity contribution in [3.05, 3.63) is 6.42 Å². The van der Waals surface area contributed by atoms with Crippen molar-refractivity contribution < 1.29 is 4.79 Å². The zero-order valence-electron chi connectivity index (χ0n) is 7.73. The summed E-state index contributed by atoms with van der Waals surface area (Å²) in [7, 11) is 0. The van der Waals surface area contributed by atoms with Gasteiger partial charge in [0.15, 0.2) is 0 Å². The average molecular weight is 155 g/mol. The Morgan fingerprint density at radius 2 is 2.00 bits per heavy atom. The minimum Gasteiger partial charge on any atom is -0.300 e. The van der Waals surface area contributed by atoms with E-state index in [4.69, 9.17) is 0 Å². The maximum Gasteiger partial charge on any atom is 0.133 e. The molecule has 0 atom stereocenters. The van der Waals surface area contributed by atoms with Gasteiger partial charge in [0.1, 0.15) is 5.78 Å². The van der Waals surface area contributed by atoms with Gasteiger partial charge in [0, 0.05) is 12.8 Å². The van der Waals surface area contributed by atoms with E-state index in [1.54, 1.807) is 0 Å². The lowest BCUT2D eigenvalue weighted by atomic mass is 10.1. The third-order valence-corrected chi connectivity index (χ3v) is 1.74. The molecule has 0 aliphatic rings. The summed E-state index contributed by atoms with van der Waals surface area (Å²) in [5.74, 6) is 0.392. The molecule has 0 aromatic rings. The molecule has 11 heavy (non-hydrogen) atoms. The van der Waals surface area contributed by atoms with Gasteiger partial charge in [0.05, 0.1) is 0 Å². The van der Waals surface area contributed by atoms with Crippen LogP contribution in [0.25, 0.3) is 0 Å². The highest BCUT2D eigenvalue weighted by molar-refractivity contribution is 5.79. The molecule has 0 aromatic heterocycles. The first kappa shape index (κ1) is 10.7. The fraction of sp³-hybridized carbons (Fsp3) is 0.800. The molecule has 0 unspecified atom stereocenters. The van der Waals surface area contributed by atoms with Crippen LogP contribution in [0, 0.1) is 6.42 Å². The highest BCUT2D eigenvalue weighted by Gasteiger charge is 1.98. The van der Waals surface area contributed by atoms with Gasteiger partial charge < -0.3 is 0 Å². The van der Waals surface area contributed by atoms with Crippen molar-refractivity contribution in [3.8, 4) is 0 Å². The van der Waals surface area contributed by atoms with Crippen molar-refractivity contribution in [2.45, 2.75) is 52.4 Å². The van der Waals surface area contributed by atoms with Crippen LogP contribution >= 0.6 is 0 Å². The number of ketones is 1. The number of carbonyl (C=O) groups is 1. The molecule has 0 rings (SSSR count). The number of unbranched alkanes of at least 4 members (excludes halogenated alkanes) is 3. The molecule has 0 amide bonds. The Labute approximate surface area is 70.2 Å². The van der Waals surface area contributed by atoms with Gasteiger partial charge in [0.25, 0.3) is 0 Å². The molecule has 0 bridgehead atoms. The molecule has 0 heterocycles. The highest BCUT2D eigenvalue weighted by Crippen LogP contribution is 2.04. The molecule has 0 spiro atoms. The third-order valence-electron chi connectivity index (χ3n) is 1.74. The molecule has 0 aliphatic heterocycles. The Morgan fingerprint density at radius 3 is 2.55 bits per heavy atom. The quantitative estimate of drug-likeness (QED) is 0.516. The fourth-order valence-electron chi connectivity index (χ4n) is 1.08. The van der Waals surface area contributed by atoms with E-state index >= 15 is 0 Å². The van der Waals surface area contributed by atoms with E-state index in [0.29, 0.717) is 12.2 Å². The Hall–Kier alpha value is -0.330. The molecular weight excluding hydrogens is 136 g/mol. The zero-order chi connectivity index (χ0) is 8.53. The number of hydrogen-bond acceptors (Lipinski definition) is 1. The van der Waals surface area contributed by atoms with Gasteiger partial charge in [-0.15, -0.1) is 0 Å². The summed E-state index contributed by atoms with van der Waals surface area (Å²) in [6.07, 6.45) is 8.18. The molecule has 0 N–H and O–H groups in total. The molecule has 65 valence electrons. The summed E-state index contributed by atoms with van der Waals surface area (Å²) in [5, 5.41) is 0. The first-order valence-corrected chi connectivity index (χ1v) is 4.60. The maximum atomic E-state index is 11.0. The average Bonchev–Trinajstić information content (AvgIpc) is 1.99. The third kappa shape index (κ3) is 7.57. The predicted molar refractivity (Wildman–Crippen MR) is 48.4 cm³/mol. The van der Waals surface area contributed by atoms with Gasteiger partial charge in [-0.05, 0) is 12.8 Å². The van der Waals surface area contributed by atoms with Crippen LogP contribution in [-0.4, -0.2) is 5.78 Å². The Kier molecular flexibility index (Phi) is 7.54. The van der Waals surface area contributed by atoms with Crippen molar-refractivity contribution in [1.29, 1.82) is 0 Å². The molecule has 1 heteroatoms. The summed E-state index contributed by atoms with van der Waals surface area (Å²) in [6, 6.07) is 0. The molecule has 0 fully saturated rings. The van der Waals surface area contributed by atoms with Crippen molar-refractivity contribution >= 4 is 5.78 Å². The van der Waals surface area contributed by atoms with Crippen molar-refractivity contribution in [3.63, 3.8) is 0 Å². The largest absolute Gasteiger partial charge is 0.300 e. The molecule has 0 saturated heterocycles. The van der Waals surface area contributed by atoms with Crippen LogP contribution in [0.4, 0.5) is 0 Å². The SMILES string of the molecule is C[CH]CC(=O)CCCCCC. The van der Waals surface area contributed by atoms with Crippen LogP contribution in [0.3, 0.4) is 0 Å². The van der Waals surface area contributed by atoms with Gasteiger partial charge in [-0.2, -0.15) is 0 Å². The fourth-order valence-corrected chi connectivity index (χ4v) is 1.08. The topological polar surface area (TPSA) is 17.1 Å². The summed E-state index contributed by atoms with van der Waals surface area (Å²) in [5.41, 5.74) is 0. The molecule has 0 aromatic carbocycles. The monoisotopic (exact) mass is 155 g/mol. The van der Waals surface area contributed by atoms with E-state index in [1.165, 1.54) is 19.3 Å². The van der Waals surface area contributed by atoms with Crippen LogP contribution in [0.5, 0.6) is 0 Å². The van der Waals surface area contributed by atoms with Crippen LogP contribution in [0.15, 0.2) is 0 Å². The van der Waals surface area contributed by atoms with E-state index < -0.39 is 0 Å². The van der Waals surface area contributed by atoms with E-state index in [1.807, 2.05) is 13.3 Å². The second kappa shape index (κ2) is 7.77. The highest BCUT2D eigenvalue weighted by atomic mass is 16.1. The number of Topliss-reactive ketones (excluding diaryl/α,β-unsaturated/α-hetero) is 1. The van der Waals surface area contributed by atoms with Gasteiger partial charge >= 0.3 is 0 Å². The lowest BCUT2D eigenvalue weighted by molar-refractivity contribution is -0.118. The summed E-state index contributed by atoms with van der Waals surface area (Å²) >= 11 is 0. The van der Waals surface area contributed by atoms with E-state index in [-0.39, 0.29) is 0 Å². The van der Waals surface area contributed by atoms with Crippen LogP contribution in [0.1, 0.15) is 52.4 Å². The smallest absolute Gasteiger partial charge is 0.133 e. The standard InChI is InChI=1S/C10H19O/c1-3-5-6-7-9-10(11)8-4-2/h4H,3,5-9H2,1-2H3. The molecule has 1 nitrogen and oxygen atoms in total. The van der Waals surface area contributed by atoms with Crippen molar-refractivity contribution in [2.75, 3.05) is 0 Å². The van der Waals surface area contributed by atoms with Gasteiger partial charge in [-0.3, -0.25) is 4.79 Å². The van der Waals surface area contributed by atoms with Gasteiger partial charge in [-0.25, -0.2) is 0 Å². The van der Waals surface area contributed by atoms with Crippen molar-refractivity contribution in [1.82, 2.24) is 0 Å². The molecular formula is C10H19O. The van der Waals surface area contributed by atoms with Gasteiger partial charge in [0.2, 0.25) is 0 Å². The number of hydrogen-bond donors (Lipinski definition) is 0. The van der Waals surface area contributed by atoms with Crippen LogP contribution < -0.4 is 0 Å². The Bertz CT molecular complexity index is 97.0. The summed E-state index contributed by atoms with van der Waals surface area (Å²) in [4.78, 5) is 11.0. The minimum atomic E-state index is 0.392. The Morgan fingerprint density at radius 1 is 1.27 bits per heavy atom. The maximum absolute atomic E-state index is 11.0. The lowest BCUT2D eigenvalue weighted by Crippen LogP contribution is -1.96. The van der Waals surface area contributed by atoms with Gasteiger partial charge in [-0.1, -0.05) is 33.1 Å². The van der Waals surface area contributed by atoms with Crippen molar-refractivity contribution in [2.24, 2.45) is 0 Å². The number of carbonyl (C=O) groups excluding carboxylic acids is 1. The molecule has 0 aliphatic carbocycles. The molecule has 1 radical (unpaired) electrons. The first-order valence-electron chi connectivity index (χ1n) is 4.60. The normalized spacial score (nSPS) is 10.0.